The predicted octanol–water partition coefficient (Wildman–Crippen LogP) is 0.232. The number of carbonyl (C=O) groups excluding carboxylic acids is 1. The van der Waals surface area contributed by atoms with Crippen molar-refractivity contribution in [2.75, 3.05) is 26.4 Å². The summed E-state index contributed by atoms with van der Waals surface area (Å²) in [5.41, 5.74) is -0.141. The quantitative estimate of drug-likeness (QED) is 0.662. The van der Waals surface area contributed by atoms with Crippen molar-refractivity contribution in [2.24, 2.45) is 0 Å². The van der Waals surface area contributed by atoms with Gasteiger partial charge in [-0.15, -0.1) is 0 Å². The van der Waals surface area contributed by atoms with Gasteiger partial charge in [0, 0.05) is 19.6 Å². The topological polar surface area (TPSA) is 41.6 Å². The number of carbonyl (C=O) groups is 1. The molecule has 0 amide bonds. The first kappa shape index (κ1) is 11.6. The first-order valence-electron chi connectivity index (χ1n) is 5.07. The molecule has 0 spiro atoms. The number of hydrogen-bond acceptors (Lipinski definition) is 4. The van der Waals surface area contributed by atoms with E-state index in [2.05, 4.69) is 10.2 Å². The van der Waals surface area contributed by atoms with E-state index in [4.69, 9.17) is 4.74 Å². The molecule has 1 N–H and O–H groups in total. The molecular formula is C10H20N2O2. The monoisotopic (exact) mass is 200 g/mol. The first-order valence-corrected chi connectivity index (χ1v) is 5.07. The van der Waals surface area contributed by atoms with Gasteiger partial charge in [-0.25, -0.2) is 0 Å². The summed E-state index contributed by atoms with van der Waals surface area (Å²) in [4.78, 5) is 12.8. The van der Waals surface area contributed by atoms with Crippen molar-refractivity contribution in [3.05, 3.63) is 0 Å². The SMILES string of the molecule is CC(C)(C)OCN1CCNCC1C=O. The zero-order valence-electron chi connectivity index (χ0n) is 9.25. The molecule has 82 valence electrons. The minimum Gasteiger partial charge on any atom is -0.360 e. The third-order valence-electron chi connectivity index (χ3n) is 2.22. The summed E-state index contributed by atoms with van der Waals surface area (Å²) in [5.74, 6) is 0. The van der Waals surface area contributed by atoms with Crippen molar-refractivity contribution in [1.82, 2.24) is 10.2 Å². The van der Waals surface area contributed by atoms with Crippen LogP contribution in [0.25, 0.3) is 0 Å². The fraction of sp³-hybridized carbons (Fsp3) is 0.900. The zero-order chi connectivity index (χ0) is 10.6. The molecule has 0 saturated carbocycles. The van der Waals surface area contributed by atoms with Crippen LogP contribution in [0.2, 0.25) is 0 Å². The van der Waals surface area contributed by atoms with Gasteiger partial charge in [-0.3, -0.25) is 4.90 Å². The zero-order valence-corrected chi connectivity index (χ0v) is 9.25. The number of nitrogens with zero attached hydrogens (tertiary/aromatic N) is 1. The van der Waals surface area contributed by atoms with E-state index in [1.807, 2.05) is 20.8 Å². The summed E-state index contributed by atoms with van der Waals surface area (Å²) >= 11 is 0. The van der Waals surface area contributed by atoms with Gasteiger partial charge in [-0.1, -0.05) is 0 Å². The summed E-state index contributed by atoms with van der Waals surface area (Å²) in [5, 5.41) is 3.18. The van der Waals surface area contributed by atoms with Crippen LogP contribution in [-0.2, 0) is 9.53 Å². The molecule has 1 atom stereocenters. The molecule has 0 aliphatic carbocycles. The van der Waals surface area contributed by atoms with Gasteiger partial charge < -0.3 is 14.8 Å². The lowest BCUT2D eigenvalue weighted by atomic mass is 10.2. The molecular weight excluding hydrogens is 180 g/mol. The fourth-order valence-corrected chi connectivity index (χ4v) is 1.34. The van der Waals surface area contributed by atoms with Crippen LogP contribution in [0.3, 0.4) is 0 Å². The molecule has 1 heterocycles. The fourth-order valence-electron chi connectivity index (χ4n) is 1.34. The lowest BCUT2D eigenvalue weighted by Crippen LogP contribution is -2.53. The third kappa shape index (κ3) is 3.74. The van der Waals surface area contributed by atoms with Crippen LogP contribution in [0.1, 0.15) is 20.8 Å². The Morgan fingerprint density at radius 1 is 1.57 bits per heavy atom. The van der Waals surface area contributed by atoms with E-state index in [0.29, 0.717) is 6.73 Å². The molecule has 1 unspecified atom stereocenters. The molecule has 0 aromatic carbocycles. The molecule has 4 heteroatoms. The Hall–Kier alpha value is -0.450. The van der Waals surface area contributed by atoms with Crippen molar-refractivity contribution in [3.8, 4) is 0 Å². The van der Waals surface area contributed by atoms with Crippen molar-refractivity contribution < 1.29 is 9.53 Å². The largest absolute Gasteiger partial charge is 0.360 e. The standard InChI is InChI=1S/C10H20N2O2/c1-10(2,3)14-8-12-5-4-11-6-9(12)7-13/h7,9,11H,4-6,8H2,1-3H3. The van der Waals surface area contributed by atoms with Gasteiger partial charge in [0.15, 0.2) is 0 Å². The van der Waals surface area contributed by atoms with Crippen LogP contribution in [0.15, 0.2) is 0 Å². The predicted molar refractivity (Wildman–Crippen MR) is 55.1 cm³/mol. The molecule has 1 aliphatic heterocycles. The average molecular weight is 200 g/mol. The van der Waals surface area contributed by atoms with Gasteiger partial charge in [0.25, 0.3) is 0 Å². The van der Waals surface area contributed by atoms with Crippen molar-refractivity contribution in [1.29, 1.82) is 0 Å². The van der Waals surface area contributed by atoms with Crippen LogP contribution in [0.5, 0.6) is 0 Å². The molecule has 0 aromatic heterocycles. The van der Waals surface area contributed by atoms with E-state index in [1.54, 1.807) is 0 Å². The number of aldehydes is 1. The number of ether oxygens (including phenoxy) is 1. The van der Waals surface area contributed by atoms with Crippen LogP contribution in [-0.4, -0.2) is 49.2 Å². The maximum absolute atomic E-state index is 10.8. The maximum atomic E-state index is 10.8. The number of hydrogen-bond donors (Lipinski definition) is 1. The molecule has 4 nitrogen and oxygen atoms in total. The van der Waals surface area contributed by atoms with E-state index >= 15 is 0 Å². The Morgan fingerprint density at radius 2 is 2.29 bits per heavy atom. The highest BCUT2D eigenvalue weighted by Crippen LogP contribution is 2.09. The Morgan fingerprint density at radius 3 is 2.86 bits per heavy atom. The molecule has 1 aliphatic rings. The van der Waals surface area contributed by atoms with Gasteiger partial charge in [-0.05, 0) is 20.8 Å². The lowest BCUT2D eigenvalue weighted by molar-refractivity contribution is -0.120. The summed E-state index contributed by atoms with van der Waals surface area (Å²) in [6, 6.07) is -0.0360. The molecule has 14 heavy (non-hydrogen) atoms. The van der Waals surface area contributed by atoms with Crippen LogP contribution in [0, 0.1) is 0 Å². The average Bonchev–Trinajstić information content (AvgIpc) is 2.14. The Labute approximate surface area is 85.6 Å². The smallest absolute Gasteiger partial charge is 0.138 e. The van der Waals surface area contributed by atoms with Crippen LogP contribution in [0.4, 0.5) is 0 Å². The first-order chi connectivity index (χ1) is 6.53. The Bertz CT molecular complexity index is 189. The van der Waals surface area contributed by atoms with Gasteiger partial charge in [-0.2, -0.15) is 0 Å². The highest BCUT2D eigenvalue weighted by molar-refractivity contribution is 5.58. The van der Waals surface area contributed by atoms with Crippen LogP contribution < -0.4 is 5.32 Å². The van der Waals surface area contributed by atoms with Gasteiger partial charge >= 0.3 is 0 Å². The molecule has 1 saturated heterocycles. The molecule has 1 fully saturated rings. The van der Waals surface area contributed by atoms with Gasteiger partial charge in [0.2, 0.25) is 0 Å². The van der Waals surface area contributed by atoms with Crippen LogP contribution >= 0.6 is 0 Å². The van der Waals surface area contributed by atoms with Gasteiger partial charge in [0.05, 0.1) is 11.6 Å². The minimum atomic E-state index is -0.141. The normalized spacial score (nSPS) is 24.9. The second-order valence-corrected chi connectivity index (χ2v) is 4.61. The highest BCUT2D eigenvalue weighted by atomic mass is 16.5. The Kier molecular flexibility index (Phi) is 4.04. The molecule has 0 radical (unpaired) electrons. The summed E-state index contributed by atoms with van der Waals surface area (Å²) in [6.45, 7) is 9.13. The molecule has 1 rings (SSSR count). The highest BCUT2D eigenvalue weighted by Gasteiger charge is 2.23. The Balaban J connectivity index is 2.37. The summed E-state index contributed by atoms with van der Waals surface area (Å²) in [7, 11) is 0. The number of piperazine rings is 1. The van der Waals surface area contributed by atoms with Crippen molar-refractivity contribution in [3.63, 3.8) is 0 Å². The molecule has 0 bridgehead atoms. The summed E-state index contributed by atoms with van der Waals surface area (Å²) < 4.78 is 5.64. The maximum Gasteiger partial charge on any atom is 0.138 e. The van der Waals surface area contributed by atoms with Crippen molar-refractivity contribution >= 4 is 6.29 Å². The van der Waals surface area contributed by atoms with E-state index in [0.717, 1.165) is 25.9 Å². The van der Waals surface area contributed by atoms with Gasteiger partial charge in [0.1, 0.15) is 13.0 Å². The minimum absolute atomic E-state index is 0.0360. The van der Waals surface area contributed by atoms with Crippen molar-refractivity contribution in [2.45, 2.75) is 32.4 Å². The number of rotatable bonds is 3. The second kappa shape index (κ2) is 4.87. The van der Waals surface area contributed by atoms with E-state index in [9.17, 15) is 4.79 Å². The summed E-state index contributed by atoms with van der Waals surface area (Å²) in [6.07, 6.45) is 0.984. The molecule has 0 aromatic rings. The van der Waals surface area contributed by atoms with E-state index < -0.39 is 0 Å². The lowest BCUT2D eigenvalue weighted by Gasteiger charge is -2.34. The third-order valence-corrected chi connectivity index (χ3v) is 2.22. The second-order valence-electron chi connectivity index (χ2n) is 4.61. The van der Waals surface area contributed by atoms with E-state index in [1.165, 1.54) is 0 Å². The van der Waals surface area contributed by atoms with E-state index in [-0.39, 0.29) is 11.6 Å². The number of nitrogens with one attached hydrogen (secondary N) is 1.